The number of carbonyl (C=O) groups excluding carboxylic acids is 3. The Bertz CT molecular complexity index is 424. The lowest BCUT2D eigenvalue weighted by atomic mass is 9.89. The summed E-state index contributed by atoms with van der Waals surface area (Å²) >= 11 is 4.55. The number of hydrogen-bond donors (Lipinski definition) is 2. The molecule has 126 valence electrons. The molecule has 0 aliphatic carbocycles. The highest BCUT2D eigenvalue weighted by Crippen LogP contribution is 2.36. The Labute approximate surface area is 138 Å². The lowest BCUT2D eigenvalue weighted by Crippen LogP contribution is -2.37. The molecule has 1 aliphatic heterocycles. The molecule has 0 saturated carbocycles. The van der Waals surface area contributed by atoms with Crippen molar-refractivity contribution in [2.45, 2.75) is 64.0 Å². The molecule has 1 rings (SSSR count). The molecule has 5 nitrogen and oxygen atoms in total. The average Bonchev–Trinajstić information content (AvgIpc) is 2.75. The third-order valence-electron chi connectivity index (χ3n) is 4.37. The van der Waals surface area contributed by atoms with Gasteiger partial charge in [0.25, 0.3) is 0 Å². The van der Waals surface area contributed by atoms with E-state index in [4.69, 9.17) is 0 Å². The summed E-state index contributed by atoms with van der Waals surface area (Å²) in [6, 6.07) is 0. The Morgan fingerprint density at radius 3 is 2.59 bits per heavy atom. The van der Waals surface area contributed by atoms with Crippen LogP contribution in [-0.4, -0.2) is 40.5 Å². The fourth-order valence-electron chi connectivity index (χ4n) is 2.67. The number of imide groups is 1. The fourth-order valence-corrected chi connectivity index (χ4v) is 2.87. The van der Waals surface area contributed by atoms with Gasteiger partial charge in [-0.1, -0.05) is 13.3 Å². The maximum Gasteiger partial charge on any atom is 0.234 e. The van der Waals surface area contributed by atoms with Crippen molar-refractivity contribution in [1.29, 1.82) is 0 Å². The summed E-state index contributed by atoms with van der Waals surface area (Å²) in [7, 11) is 0. The number of carbonyl (C=O) groups is 3. The molecule has 3 amide bonds. The van der Waals surface area contributed by atoms with E-state index in [-0.39, 0.29) is 30.1 Å². The highest BCUT2D eigenvalue weighted by molar-refractivity contribution is 7.81. The van der Waals surface area contributed by atoms with Gasteiger partial charge in [-0.05, 0) is 33.1 Å². The summed E-state index contributed by atoms with van der Waals surface area (Å²) < 4.78 is -0.431. The lowest BCUT2D eigenvalue weighted by Gasteiger charge is -2.27. The van der Waals surface area contributed by atoms with Crippen LogP contribution in [0.1, 0.15) is 59.3 Å². The number of likely N-dealkylation sites (tertiary alicyclic amines) is 1. The Morgan fingerprint density at radius 1 is 1.32 bits per heavy atom. The van der Waals surface area contributed by atoms with Crippen molar-refractivity contribution in [2.75, 3.05) is 13.1 Å². The number of rotatable bonds is 9. The van der Waals surface area contributed by atoms with E-state index in [1.165, 1.54) is 4.90 Å². The second-order valence-electron chi connectivity index (χ2n) is 6.12. The largest absolute Gasteiger partial charge is 0.356 e. The molecule has 1 N–H and O–H groups in total. The van der Waals surface area contributed by atoms with E-state index in [0.717, 1.165) is 25.7 Å². The van der Waals surface area contributed by atoms with E-state index in [9.17, 15) is 14.4 Å². The quantitative estimate of drug-likeness (QED) is 0.387. The molecular weight excluding hydrogens is 300 g/mol. The van der Waals surface area contributed by atoms with Crippen molar-refractivity contribution >= 4 is 30.4 Å². The van der Waals surface area contributed by atoms with Gasteiger partial charge in [0.2, 0.25) is 17.7 Å². The number of unbranched alkanes of at least 4 members (excludes halogenated alkanes) is 2. The monoisotopic (exact) mass is 328 g/mol. The number of hydrogen-bond acceptors (Lipinski definition) is 4. The minimum atomic E-state index is -0.431. The van der Waals surface area contributed by atoms with Gasteiger partial charge < -0.3 is 5.32 Å². The van der Waals surface area contributed by atoms with Crippen molar-refractivity contribution in [3.8, 4) is 0 Å². The van der Waals surface area contributed by atoms with Gasteiger partial charge in [0.1, 0.15) is 0 Å². The van der Waals surface area contributed by atoms with Gasteiger partial charge >= 0.3 is 0 Å². The average molecular weight is 328 g/mol. The molecule has 0 aromatic heterocycles. The first kappa shape index (κ1) is 19.0. The van der Waals surface area contributed by atoms with E-state index in [2.05, 4.69) is 17.9 Å². The Hall–Kier alpha value is -1.04. The van der Waals surface area contributed by atoms with Crippen LogP contribution in [0, 0.1) is 5.92 Å². The summed E-state index contributed by atoms with van der Waals surface area (Å²) in [4.78, 5) is 37.1. The van der Waals surface area contributed by atoms with Crippen molar-refractivity contribution in [2.24, 2.45) is 5.92 Å². The van der Waals surface area contributed by atoms with Crippen molar-refractivity contribution in [3.05, 3.63) is 0 Å². The Balaban J connectivity index is 2.36. The van der Waals surface area contributed by atoms with Gasteiger partial charge in [-0.15, -0.1) is 0 Å². The number of amides is 3. The smallest absolute Gasteiger partial charge is 0.234 e. The molecule has 1 heterocycles. The molecule has 2 unspecified atom stereocenters. The van der Waals surface area contributed by atoms with Crippen LogP contribution in [0.4, 0.5) is 0 Å². The zero-order valence-corrected chi connectivity index (χ0v) is 14.7. The Kier molecular flexibility index (Phi) is 7.39. The first-order chi connectivity index (χ1) is 10.3. The predicted octanol–water partition coefficient (Wildman–Crippen LogP) is 2.16. The minimum absolute atomic E-state index is 0.0599. The summed E-state index contributed by atoms with van der Waals surface area (Å²) in [6.07, 6.45) is 3.89. The molecule has 0 aromatic carbocycles. The van der Waals surface area contributed by atoms with E-state index in [0.29, 0.717) is 19.5 Å². The van der Waals surface area contributed by atoms with Crippen LogP contribution in [0.2, 0.25) is 0 Å². The maximum absolute atomic E-state index is 12.4. The molecule has 0 spiro atoms. The normalized spacial score (nSPS) is 21.1. The first-order valence-corrected chi connectivity index (χ1v) is 8.61. The molecule has 0 bridgehead atoms. The van der Waals surface area contributed by atoms with Gasteiger partial charge in [0.05, 0.1) is 5.92 Å². The van der Waals surface area contributed by atoms with Crippen molar-refractivity contribution in [3.63, 3.8) is 0 Å². The Morgan fingerprint density at radius 2 is 2.00 bits per heavy atom. The highest BCUT2D eigenvalue weighted by Gasteiger charge is 2.46. The summed E-state index contributed by atoms with van der Waals surface area (Å²) in [5.41, 5.74) is 0. The molecule has 1 saturated heterocycles. The van der Waals surface area contributed by atoms with Gasteiger partial charge in [-0.3, -0.25) is 19.3 Å². The SMILES string of the molecule is CCNC(=O)CCCCCN1C(=O)CC(C(C)(S)CC)C1=O. The fraction of sp³-hybridized carbons (Fsp3) is 0.812. The van der Waals surface area contributed by atoms with Gasteiger partial charge in [0, 0.05) is 30.7 Å². The number of nitrogens with zero attached hydrogens (tertiary/aromatic N) is 1. The van der Waals surface area contributed by atoms with Gasteiger partial charge in [0.15, 0.2) is 0 Å². The van der Waals surface area contributed by atoms with Crippen molar-refractivity contribution < 1.29 is 14.4 Å². The highest BCUT2D eigenvalue weighted by atomic mass is 32.1. The van der Waals surface area contributed by atoms with E-state index in [1.54, 1.807) is 0 Å². The van der Waals surface area contributed by atoms with Gasteiger partial charge in [-0.25, -0.2) is 0 Å². The number of thiol groups is 1. The van der Waals surface area contributed by atoms with Crippen LogP contribution in [-0.2, 0) is 14.4 Å². The topological polar surface area (TPSA) is 66.5 Å². The third kappa shape index (κ3) is 5.00. The minimum Gasteiger partial charge on any atom is -0.356 e. The van der Waals surface area contributed by atoms with Crippen molar-refractivity contribution in [1.82, 2.24) is 10.2 Å². The summed E-state index contributed by atoms with van der Waals surface area (Å²) in [5, 5.41) is 2.75. The second kappa shape index (κ2) is 8.56. The molecule has 6 heteroatoms. The summed E-state index contributed by atoms with van der Waals surface area (Å²) in [5.74, 6) is -0.436. The predicted molar refractivity (Wildman–Crippen MR) is 89.7 cm³/mol. The van der Waals surface area contributed by atoms with Crippen LogP contribution in [0.3, 0.4) is 0 Å². The molecule has 2 atom stereocenters. The summed E-state index contributed by atoms with van der Waals surface area (Å²) in [6.45, 7) is 6.90. The van der Waals surface area contributed by atoms with E-state index in [1.807, 2.05) is 20.8 Å². The second-order valence-corrected chi connectivity index (χ2v) is 7.14. The first-order valence-electron chi connectivity index (χ1n) is 8.16. The molecule has 0 radical (unpaired) electrons. The lowest BCUT2D eigenvalue weighted by molar-refractivity contribution is -0.139. The molecule has 0 aromatic rings. The molecule has 1 fully saturated rings. The number of nitrogens with one attached hydrogen (secondary N) is 1. The van der Waals surface area contributed by atoms with Crippen LogP contribution < -0.4 is 5.32 Å². The van der Waals surface area contributed by atoms with Crippen LogP contribution >= 0.6 is 12.6 Å². The van der Waals surface area contributed by atoms with E-state index >= 15 is 0 Å². The molecule has 1 aliphatic rings. The molecule has 22 heavy (non-hydrogen) atoms. The van der Waals surface area contributed by atoms with Gasteiger partial charge in [-0.2, -0.15) is 12.6 Å². The molecular formula is C16H28N2O3S. The van der Waals surface area contributed by atoms with Crippen LogP contribution in [0.15, 0.2) is 0 Å². The third-order valence-corrected chi connectivity index (χ3v) is 5.00. The van der Waals surface area contributed by atoms with Crippen LogP contribution in [0.25, 0.3) is 0 Å². The van der Waals surface area contributed by atoms with E-state index < -0.39 is 4.75 Å². The zero-order valence-electron chi connectivity index (χ0n) is 13.9. The zero-order chi connectivity index (χ0) is 16.8. The maximum atomic E-state index is 12.4. The standard InChI is InChI=1S/C16H28N2O3S/c1-4-16(3,22)12-11-14(20)18(15(12)21)10-8-6-7-9-13(19)17-5-2/h12,22H,4-11H2,1-3H3,(H,17,19). The van der Waals surface area contributed by atoms with Crippen LogP contribution in [0.5, 0.6) is 0 Å².